The molecule has 0 bridgehead atoms. The van der Waals surface area contributed by atoms with Crippen LogP contribution < -0.4 is 5.32 Å². The Morgan fingerprint density at radius 1 is 0.875 bits per heavy atom. The van der Waals surface area contributed by atoms with Gasteiger partial charge < -0.3 is 0 Å². The molecule has 0 fully saturated rings. The standard InChI is InChI=1S/C28H29N3O/c1-3-22(2)26(27(32)31-20-19-29-21-31)30-28(23-13-7-4-8-14-23,24-15-9-5-10-16-24)25-17-11-6-12-18-25/h4-22,26,30H,3H2,1-2H3/t22-,26+/m1/s1. The predicted molar refractivity (Wildman–Crippen MR) is 128 cm³/mol. The highest BCUT2D eigenvalue weighted by atomic mass is 16.2. The van der Waals surface area contributed by atoms with Crippen molar-refractivity contribution in [2.75, 3.05) is 0 Å². The lowest BCUT2D eigenvalue weighted by atomic mass is 9.75. The fourth-order valence-electron chi connectivity index (χ4n) is 4.28. The molecule has 1 N–H and O–H groups in total. The van der Waals surface area contributed by atoms with Gasteiger partial charge in [-0.25, -0.2) is 4.98 Å². The van der Waals surface area contributed by atoms with Crippen molar-refractivity contribution in [2.24, 2.45) is 5.92 Å². The maximum atomic E-state index is 13.6. The molecule has 0 aliphatic heterocycles. The number of carbonyl (C=O) groups is 1. The molecule has 1 heterocycles. The number of aromatic nitrogens is 2. The third kappa shape index (κ3) is 4.14. The first-order chi connectivity index (χ1) is 15.7. The van der Waals surface area contributed by atoms with Gasteiger partial charge in [0.25, 0.3) is 0 Å². The number of imidazole rings is 1. The second-order valence-corrected chi connectivity index (χ2v) is 8.16. The number of nitrogens with one attached hydrogen (secondary N) is 1. The lowest BCUT2D eigenvalue weighted by Gasteiger charge is -2.41. The molecule has 4 rings (SSSR count). The smallest absolute Gasteiger partial charge is 0.249 e. The lowest BCUT2D eigenvalue weighted by molar-refractivity contribution is 0.0805. The van der Waals surface area contributed by atoms with Gasteiger partial charge >= 0.3 is 0 Å². The largest absolute Gasteiger partial charge is 0.288 e. The summed E-state index contributed by atoms with van der Waals surface area (Å²) >= 11 is 0. The van der Waals surface area contributed by atoms with Crippen LogP contribution in [-0.2, 0) is 5.54 Å². The van der Waals surface area contributed by atoms with Crippen LogP contribution in [0.2, 0.25) is 0 Å². The maximum Gasteiger partial charge on any atom is 0.249 e. The molecule has 32 heavy (non-hydrogen) atoms. The first-order valence-electron chi connectivity index (χ1n) is 11.1. The van der Waals surface area contributed by atoms with Gasteiger partial charge in [-0.15, -0.1) is 0 Å². The van der Waals surface area contributed by atoms with Gasteiger partial charge in [-0.2, -0.15) is 0 Å². The molecule has 0 radical (unpaired) electrons. The number of rotatable bonds is 8. The summed E-state index contributed by atoms with van der Waals surface area (Å²) in [6.07, 6.45) is 5.81. The van der Waals surface area contributed by atoms with E-state index in [0.29, 0.717) is 0 Å². The van der Waals surface area contributed by atoms with Crippen molar-refractivity contribution in [1.29, 1.82) is 0 Å². The van der Waals surface area contributed by atoms with E-state index in [2.05, 4.69) is 60.5 Å². The Morgan fingerprint density at radius 2 is 1.34 bits per heavy atom. The van der Waals surface area contributed by atoms with Gasteiger partial charge in [0.2, 0.25) is 5.91 Å². The van der Waals surface area contributed by atoms with Crippen molar-refractivity contribution >= 4 is 5.91 Å². The Morgan fingerprint density at radius 3 is 1.72 bits per heavy atom. The topological polar surface area (TPSA) is 46.9 Å². The molecule has 162 valence electrons. The first-order valence-corrected chi connectivity index (χ1v) is 11.1. The van der Waals surface area contributed by atoms with Crippen molar-refractivity contribution in [3.63, 3.8) is 0 Å². The predicted octanol–water partition coefficient (Wildman–Crippen LogP) is 5.52. The summed E-state index contributed by atoms with van der Waals surface area (Å²) in [5.41, 5.74) is 2.56. The number of hydrogen-bond acceptors (Lipinski definition) is 3. The third-order valence-electron chi connectivity index (χ3n) is 6.23. The average molecular weight is 424 g/mol. The summed E-state index contributed by atoms with van der Waals surface area (Å²) in [6.45, 7) is 4.24. The Hall–Kier alpha value is -3.50. The van der Waals surface area contributed by atoms with Crippen molar-refractivity contribution in [2.45, 2.75) is 31.8 Å². The number of carbonyl (C=O) groups excluding carboxylic acids is 1. The Kier molecular flexibility index (Phi) is 6.62. The monoisotopic (exact) mass is 423 g/mol. The van der Waals surface area contributed by atoms with Crippen LogP contribution in [0.15, 0.2) is 110 Å². The highest BCUT2D eigenvalue weighted by molar-refractivity contribution is 5.84. The van der Waals surface area contributed by atoms with Gasteiger partial charge in [0.05, 0.1) is 11.6 Å². The zero-order valence-electron chi connectivity index (χ0n) is 18.6. The van der Waals surface area contributed by atoms with Gasteiger partial charge in [-0.3, -0.25) is 14.7 Å². The first kappa shape index (κ1) is 21.7. The van der Waals surface area contributed by atoms with E-state index < -0.39 is 11.6 Å². The van der Waals surface area contributed by atoms with E-state index in [1.807, 2.05) is 54.6 Å². The molecule has 1 aromatic heterocycles. The molecule has 0 amide bonds. The van der Waals surface area contributed by atoms with Crippen LogP contribution in [0.5, 0.6) is 0 Å². The number of hydrogen-bond donors (Lipinski definition) is 1. The zero-order valence-corrected chi connectivity index (χ0v) is 18.6. The summed E-state index contributed by atoms with van der Waals surface area (Å²) in [5.74, 6) is 0.101. The minimum absolute atomic E-state index is 0.0102. The normalized spacial score (nSPS) is 13.4. The van der Waals surface area contributed by atoms with Crippen molar-refractivity contribution in [1.82, 2.24) is 14.9 Å². The number of nitrogens with zero attached hydrogens (tertiary/aromatic N) is 2. The van der Waals surface area contributed by atoms with Crippen molar-refractivity contribution in [3.05, 3.63) is 126 Å². The van der Waals surface area contributed by atoms with E-state index in [9.17, 15) is 4.79 Å². The Labute approximate surface area is 190 Å². The van der Waals surface area contributed by atoms with Gasteiger partial charge in [0.1, 0.15) is 6.33 Å². The van der Waals surface area contributed by atoms with E-state index in [4.69, 9.17) is 0 Å². The van der Waals surface area contributed by atoms with Gasteiger partial charge in [-0.05, 0) is 22.6 Å². The van der Waals surface area contributed by atoms with Gasteiger partial charge in [0, 0.05) is 12.4 Å². The quantitative estimate of drug-likeness (QED) is 0.380. The van der Waals surface area contributed by atoms with Crippen LogP contribution in [0.1, 0.15) is 41.8 Å². The fourth-order valence-corrected chi connectivity index (χ4v) is 4.28. The zero-order chi connectivity index (χ0) is 22.4. The average Bonchev–Trinajstić information content (AvgIpc) is 3.41. The van der Waals surface area contributed by atoms with E-state index >= 15 is 0 Å². The number of benzene rings is 3. The second-order valence-electron chi connectivity index (χ2n) is 8.16. The molecule has 0 unspecified atom stereocenters. The lowest BCUT2D eigenvalue weighted by Crippen LogP contribution is -2.55. The Balaban J connectivity index is 1.95. The molecule has 4 aromatic rings. The molecule has 2 atom stereocenters. The summed E-state index contributed by atoms with van der Waals surface area (Å²) in [4.78, 5) is 17.7. The van der Waals surface area contributed by atoms with Crippen LogP contribution in [0.4, 0.5) is 0 Å². The van der Waals surface area contributed by atoms with Gasteiger partial charge in [0.15, 0.2) is 0 Å². The van der Waals surface area contributed by atoms with Crippen LogP contribution in [-0.4, -0.2) is 21.5 Å². The summed E-state index contributed by atoms with van der Waals surface area (Å²) in [6, 6.07) is 30.7. The molecule has 3 aromatic carbocycles. The van der Waals surface area contributed by atoms with E-state index in [-0.39, 0.29) is 11.8 Å². The van der Waals surface area contributed by atoms with E-state index in [1.165, 1.54) is 0 Å². The van der Waals surface area contributed by atoms with Crippen LogP contribution in [0.3, 0.4) is 0 Å². The minimum atomic E-state index is -0.700. The van der Waals surface area contributed by atoms with Crippen LogP contribution in [0.25, 0.3) is 0 Å². The maximum absolute atomic E-state index is 13.6. The highest BCUT2D eigenvalue weighted by Gasteiger charge is 2.41. The van der Waals surface area contributed by atoms with Crippen molar-refractivity contribution < 1.29 is 4.79 Å². The molecular formula is C28H29N3O. The van der Waals surface area contributed by atoms with E-state index in [0.717, 1.165) is 23.1 Å². The van der Waals surface area contributed by atoms with Crippen molar-refractivity contribution in [3.8, 4) is 0 Å². The summed E-state index contributed by atoms with van der Waals surface area (Å²) in [7, 11) is 0. The Bertz CT molecular complexity index is 1010. The molecule has 0 aliphatic carbocycles. The molecule has 0 saturated carbocycles. The SMILES string of the molecule is CC[C@@H](C)[C@H](NC(c1ccccc1)(c1ccccc1)c1ccccc1)C(=O)n1ccnc1. The van der Waals surface area contributed by atoms with Crippen LogP contribution >= 0.6 is 0 Å². The van der Waals surface area contributed by atoms with E-state index in [1.54, 1.807) is 23.3 Å². The molecule has 0 aliphatic rings. The molecular weight excluding hydrogens is 394 g/mol. The summed E-state index contributed by atoms with van der Waals surface area (Å²) < 4.78 is 1.58. The minimum Gasteiger partial charge on any atom is -0.288 e. The second kappa shape index (κ2) is 9.75. The third-order valence-corrected chi connectivity index (χ3v) is 6.23. The molecule has 4 heteroatoms. The van der Waals surface area contributed by atoms with Gasteiger partial charge in [-0.1, -0.05) is 111 Å². The molecule has 0 spiro atoms. The fraction of sp³-hybridized carbons (Fsp3) is 0.214. The highest BCUT2D eigenvalue weighted by Crippen LogP contribution is 2.38. The molecule has 0 saturated heterocycles. The van der Waals surface area contributed by atoms with Crippen LogP contribution in [0, 0.1) is 5.92 Å². The summed E-state index contributed by atoms with van der Waals surface area (Å²) in [5, 5.41) is 3.86. The molecule has 4 nitrogen and oxygen atoms in total.